The highest BCUT2D eigenvalue weighted by Crippen LogP contribution is 2.16. The van der Waals surface area contributed by atoms with Gasteiger partial charge in [-0.15, -0.1) is 0 Å². The van der Waals surface area contributed by atoms with Gasteiger partial charge < -0.3 is 10.6 Å². The van der Waals surface area contributed by atoms with Gasteiger partial charge in [-0.3, -0.25) is 9.59 Å². The molecule has 4 aromatic rings. The van der Waals surface area contributed by atoms with Crippen LogP contribution in [-0.2, 0) is 11.2 Å². The van der Waals surface area contributed by atoms with Crippen LogP contribution in [0.4, 0.5) is 0 Å². The molecule has 0 aliphatic heterocycles. The third kappa shape index (κ3) is 5.66. The monoisotopic (exact) mass is 440 g/mol. The Labute approximate surface area is 193 Å². The molecule has 0 spiro atoms. The van der Waals surface area contributed by atoms with E-state index in [4.69, 9.17) is 0 Å². The third-order valence-corrected chi connectivity index (χ3v) is 5.58. The van der Waals surface area contributed by atoms with Gasteiger partial charge in [-0.1, -0.05) is 42.5 Å². The van der Waals surface area contributed by atoms with E-state index in [-0.39, 0.29) is 18.2 Å². The fourth-order valence-corrected chi connectivity index (χ4v) is 3.85. The average Bonchev–Trinajstić information content (AvgIpc) is 3.17. The predicted molar refractivity (Wildman–Crippen MR) is 131 cm³/mol. The summed E-state index contributed by atoms with van der Waals surface area (Å²) in [7, 11) is 0. The summed E-state index contributed by atoms with van der Waals surface area (Å²) in [4.78, 5) is 24.5. The van der Waals surface area contributed by atoms with Crippen molar-refractivity contribution >= 4 is 22.6 Å². The number of aryl methyl sites for hydroxylation is 2. The van der Waals surface area contributed by atoms with E-state index >= 15 is 0 Å². The maximum Gasteiger partial charge on any atom is 0.251 e. The molecule has 0 unspecified atom stereocenters. The van der Waals surface area contributed by atoms with E-state index in [2.05, 4.69) is 27.9 Å². The summed E-state index contributed by atoms with van der Waals surface area (Å²) in [6, 6.07) is 23.8. The lowest BCUT2D eigenvalue weighted by Crippen LogP contribution is -2.31. The Morgan fingerprint density at radius 3 is 2.33 bits per heavy atom. The fourth-order valence-electron chi connectivity index (χ4n) is 3.85. The summed E-state index contributed by atoms with van der Waals surface area (Å²) in [5.41, 5.74) is 4.85. The van der Waals surface area contributed by atoms with Crippen molar-refractivity contribution in [3.8, 4) is 5.69 Å². The van der Waals surface area contributed by atoms with E-state index in [1.807, 2.05) is 73.1 Å². The second-order valence-corrected chi connectivity index (χ2v) is 8.17. The van der Waals surface area contributed by atoms with Crippen LogP contribution in [0.5, 0.6) is 0 Å². The Morgan fingerprint density at radius 1 is 0.848 bits per heavy atom. The van der Waals surface area contributed by atoms with Crippen LogP contribution in [0.1, 0.15) is 33.7 Å². The molecule has 0 saturated heterocycles. The number of nitrogens with zero attached hydrogens (tertiary/aromatic N) is 2. The maximum atomic E-state index is 12.4. The molecule has 0 saturated carbocycles. The van der Waals surface area contributed by atoms with Crippen LogP contribution in [0.3, 0.4) is 0 Å². The molecule has 0 radical (unpaired) electrons. The molecule has 4 rings (SSSR count). The number of carbonyl (C=O) groups excluding carboxylic acids is 2. The van der Waals surface area contributed by atoms with Gasteiger partial charge in [0.1, 0.15) is 0 Å². The van der Waals surface area contributed by atoms with E-state index in [1.165, 1.54) is 0 Å². The zero-order chi connectivity index (χ0) is 23.2. The normalized spacial score (nSPS) is 10.8. The van der Waals surface area contributed by atoms with Crippen molar-refractivity contribution in [2.45, 2.75) is 26.7 Å². The SMILES string of the molecule is Cc1cc(C)n(-c2ccc(CCNC(=O)CCNC(=O)c3ccc4ccccc4c3)cc2)n1. The number of aromatic nitrogens is 2. The van der Waals surface area contributed by atoms with E-state index in [0.29, 0.717) is 18.7 Å². The van der Waals surface area contributed by atoms with Crippen molar-refractivity contribution in [1.82, 2.24) is 20.4 Å². The first kappa shape index (κ1) is 22.3. The van der Waals surface area contributed by atoms with Crippen molar-refractivity contribution in [3.05, 3.63) is 95.3 Å². The van der Waals surface area contributed by atoms with Gasteiger partial charge in [-0.05, 0) is 66.9 Å². The summed E-state index contributed by atoms with van der Waals surface area (Å²) in [6.45, 7) is 4.87. The molecule has 2 N–H and O–H groups in total. The van der Waals surface area contributed by atoms with Gasteiger partial charge in [-0.2, -0.15) is 5.10 Å². The Kier molecular flexibility index (Phi) is 6.83. The molecule has 0 fully saturated rings. The number of nitrogens with one attached hydrogen (secondary N) is 2. The molecule has 3 aromatic carbocycles. The van der Waals surface area contributed by atoms with Crippen molar-refractivity contribution in [2.24, 2.45) is 0 Å². The Bertz CT molecular complexity index is 1280. The van der Waals surface area contributed by atoms with Crippen LogP contribution in [-0.4, -0.2) is 34.7 Å². The molecule has 33 heavy (non-hydrogen) atoms. The third-order valence-electron chi connectivity index (χ3n) is 5.58. The van der Waals surface area contributed by atoms with E-state index in [1.54, 1.807) is 6.07 Å². The summed E-state index contributed by atoms with van der Waals surface area (Å²) >= 11 is 0. The standard InChI is InChI=1S/C27H28N4O2/c1-19-17-20(2)31(30-19)25-11-7-21(8-12-25)13-15-28-26(32)14-16-29-27(33)24-10-9-22-5-3-4-6-23(22)18-24/h3-12,17-18H,13-16H2,1-2H3,(H,28,32)(H,29,33). The quantitative estimate of drug-likeness (QED) is 0.433. The fraction of sp³-hybridized carbons (Fsp3) is 0.222. The molecule has 0 aliphatic rings. The van der Waals surface area contributed by atoms with Crippen LogP contribution in [0.2, 0.25) is 0 Å². The maximum absolute atomic E-state index is 12.4. The Hall–Kier alpha value is -3.93. The van der Waals surface area contributed by atoms with E-state index < -0.39 is 0 Å². The number of fused-ring (bicyclic) bond motifs is 1. The van der Waals surface area contributed by atoms with Gasteiger partial charge in [0.2, 0.25) is 5.91 Å². The molecule has 2 amide bonds. The smallest absolute Gasteiger partial charge is 0.251 e. The van der Waals surface area contributed by atoms with Crippen molar-refractivity contribution in [2.75, 3.05) is 13.1 Å². The number of rotatable bonds is 8. The number of amides is 2. The van der Waals surface area contributed by atoms with Gasteiger partial charge in [0.25, 0.3) is 5.91 Å². The average molecular weight is 441 g/mol. The topological polar surface area (TPSA) is 76.0 Å². The predicted octanol–water partition coefficient (Wildman–Crippen LogP) is 4.12. The molecule has 6 heteroatoms. The second-order valence-electron chi connectivity index (χ2n) is 8.17. The van der Waals surface area contributed by atoms with Crippen molar-refractivity contribution < 1.29 is 9.59 Å². The molecule has 168 valence electrons. The molecule has 0 bridgehead atoms. The summed E-state index contributed by atoms with van der Waals surface area (Å²) in [5.74, 6) is -0.246. The minimum Gasteiger partial charge on any atom is -0.356 e. The van der Waals surface area contributed by atoms with E-state index in [9.17, 15) is 9.59 Å². The van der Waals surface area contributed by atoms with Gasteiger partial charge in [-0.25, -0.2) is 4.68 Å². The Morgan fingerprint density at radius 2 is 1.61 bits per heavy atom. The second kappa shape index (κ2) is 10.1. The zero-order valence-corrected chi connectivity index (χ0v) is 19.0. The van der Waals surface area contributed by atoms with Crippen LogP contribution < -0.4 is 10.6 Å². The first-order chi connectivity index (χ1) is 16.0. The number of hydrogen-bond acceptors (Lipinski definition) is 3. The first-order valence-electron chi connectivity index (χ1n) is 11.2. The molecular formula is C27H28N4O2. The molecule has 0 atom stereocenters. The van der Waals surface area contributed by atoms with Gasteiger partial charge >= 0.3 is 0 Å². The van der Waals surface area contributed by atoms with Crippen LogP contribution >= 0.6 is 0 Å². The molecule has 0 aliphatic carbocycles. The van der Waals surface area contributed by atoms with Crippen LogP contribution in [0, 0.1) is 13.8 Å². The van der Waals surface area contributed by atoms with Crippen LogP contribution in [0.25, 0.3) is 16.5 Å². The molecule has 6 nitrogen and oxygen atoms in total. The summed E-state index contributed by atoms with van der Waals surface area (Å²) in [5, 5.41) is 12.4. The lowest BCUT2D eigenvalue weighted by Gasteiger charge is -2.09. The van der Waals surface area contributed by atoms with Gasteiger partial charge in [0, 0.05) is 30.8 Å². The number of carbonyl (C=O) groups is 2. The highest BCUT2D eigenvalue weighted by atomic mass is 16.2. The minimum absolute atomic E-state index is 0.0759. The highest BCUT2D eigenvalue weighted by Gasteiger charge is 2.08. The highest BCUT2D eigenvalue weighted by molar-refractivity contribution is 5.98. The summed E-state index contributed by atoms with van der Waals surface area (Å²) in [6.07, 6.45) is 0.989. The zero-order valence-electron chi connectivity index (χ0n) is 19.0. The first-order valence-corrected chi connectivity index (χ1v) is 11.2. The number of hydrogen-bond donors (Lipinski definition) is 2. The van der Waals surface area contributed by atoms with Crippen LogP contribution in [0.15, 0.2) is 72.8 Å². The van der Waals surface area contributed by atoms with Gasteiger partial charge in [0.15, 0.2) is 0 Å². The van der Waals surface area contributed by atoms with Gasteiger partial charge in [0.05, 0.1) is 11.4 Å². The minimum atomic E-state index is -0.170. The van der Waals surface area contributed by atoms with E-state index in [0.717, 1.165) is 39.8 Å². The largest absolute Gasteiger partial charge is 0.356 e. The van der Waals surface area contributed by atoms with Crippen molar-refractivity contribution in [1.29, 1.82) is 0 Å². The molecule has 1 aromatic heterocycles. The molecule has 1 heterocycles. The molecular weight excluding hydrogens is 412 g/mol. The lowest BCUT2D eigenvalue weighted by atomic mass is 10.1. The number of benzene rings is 3. The Balaban J connectivity index is 1.19. The summed E-state index contributed by atoms with van der Waals surface area (Å²) < 4.78 is 1.92. The van der Waals surface area contributed by atoms with Crippen molar-refractivity contribution in [3.63, 3.8) is 0 Å². The lowest BCUT2D eigenvalue weighted by molar-refractivity contribution is -0.120.